The monoisotopic (exact) mass is 319 g/mol. The molecule has 0 saturated carbocycles. The zero-order valence-electron chi connectivity index (χ0n) is 12.9. The highest BCUT2D eigenvalue weighted by molar-refractivity contribution is 5.82. The molecule has 1 aromatic carbocycles. The van der Waals surface area contributed by atoms with Crippen molar-refractivity contribution in [2.75, 3.05) is 31.2 Å². The number of amides is 1. The van der Waals surface area contributed by atoms with Crippen LogP contribution in [-0.4, -0.2) is 36.6 Å². The van der Waals surface area contributed by atoms with Gasteiger partial charge < -0.3 is 21.1 Å². The average Bonchev–Trinajstić information content (AvgIpc) is 2.52. The Balaban J connectivity index is 2.53. The first-order valence-electron chi connectivity index (χ1n) is 6.97. The van der Waals surface area contributed by atoms with Crippen LogP contribution in [-0.2, 0) is 4.79 Å². The third kappa shape index (κ3) is 3.72. The van der Waals surface area contributed by atoms with Gasteiger partial charge in [0.2, 0.25) is 6.41 Å². The Bertz CT molecular complexity index is 709. The molecule has 0 bridgehead atoms. The van der Waals surface area contributed by atoms with Crippen LogP contribution < -0.4 is 21.1 Å². The number of halogens is 1. The van der Waals surface area contributed by atoms with Crippen LogP contribution in [0.25, 0.3) is 11.3 Å². The number of ether oxygens (including phenoxy) is 1. The molecule has 23 heavy (non-hydrogen) atoms. The van der Waals surface area contributed by atoms with E-state index in [-0.39, 0.29) is 11.6 Å². The summed E-state index contributed by atoms with van der Waals surface area (Å²) >= 11 is 0. The minimum absolute atomic E-state index is 0.166. The van der Waals surface area contributed by atoms with Crippen molar-refractivity contribution in [2.24, 2.45) is 0 Å². The van der Waals surface area contributed by atoms with E-state index < -0.39 is 5.82 Å². The minimum Gasteiger partial charge on any atom is -0.486 e. The van der Waals surface area contributed by atoms with E-state index >= 15 is 0 Å². The van der Waals surface area contributed by atoms with Crippen LogP contribution in [0.3, 0.4) is 0 Å². The van der Waals surface area contributed by atoms with Crippen molar-refractivity contribution in [1.29, 1.82) is 0 Å². The Labute approximate surface area is 133 Å². The molecule has 0 aliphatic heterocycles. The highest BCUT2D eigenvalue weighted by atomic mass is 19.1. The maximum Gasteiger partial charge on any atom is 0.211 e. The second-order valence-corrected chi connectivity index (χ2v) is 4.78. The van der Waals surface area contributed by atoms with Crippen molar-refractivity contribution in [3.63, 3.8) is 0 Å². The van der Waals surface area contributed by atoms with Crippen molar-refractivity contribution in [1.82, 2.24) is 15.3 Å². The number of nitrogen functional groups attached to an aromatic ring is 1. The Morgan fingerprint density at radius 3 is 2.87 bits per heavy atom. The average molecular weight is 319 g/mol. The molecule has 0 atom stereocenters. The lowest BCUT2D eigenvalue weighted by Gasteiger charge is -2.15. The molecule has 1 amide bonds. The topological polar surface area (TPSA) is 102 Å². The van der Waals surface area contributed by atoms with Gasteiger partial charge >= 0.3 is 0 Å². The Morgan fingerprint density at radius 2 is 2.17 bits per heavy atom. The number of carbonyl (C=O) groups is 1. The van der Waals surface area contributed by atoms with Crippen molar-refractivity contribution in [2.45, 2.75) is 6.92 Å². The van der Waals surface area contributed by atoms with Gasteiger partial charge in [0.15, 0.2) is 11.6 Å². The van der Waals surface area contributed by atoms with E-state index in [9.17, 15) is 9.18 Å². The Morgan fingerprint density at radius 1 is 1.39 bits per heavy atom. The number of nitrogens with zero attached hydrogens (tertiary/aromatic N) is 2. The molecular weight excluding hydrogens is 301 g/mol. The molecular formula is C15H18FN5O2. The normalized spacial score (nSPS) is 10.4. The van der Waals surface area contributed by atoms with Gasteiger partial charge in [-0.2, -0.15) is 0 Å². The van der Waals surface area contributed by atoms with Gasteiger partial charge in [0, 0.05) is 17.8 Å². The molecule has 0 spiro atoms. The first-order chi connectivity index (χ1) is 11.1. The van der Waals surface area contributed by atoms with Crippen molar-refractivity contribution in [3.05, 3.63) is 29.8 Å². The maximum absolute atomic E-state index is 13.9. The van der Waals surface area contributed by atoms with Crippen molar-refractivity contribution >= 4 is 17.9 Å². The van der Waals surface area contributed by atoms with Gasteiger partial charge in [0.05, 0.1) is 0 Å². The predicted molar refractivity (Wildman–Crippen MR) is 85.7 cm³/mol. The van der Waals surface area contributed by atoms with E-state index in [0.717, 1.165) is 0 Å². The summed E-state index contributed by atoms with van der Waals surface area (Å²) in [6, 6.07) is 2.55. The Kier molecular flexibility index (Phi) is 5.42. The van der Waals surface area contributed by atoms with E-state index in [1.54, 1.807) is 14.0 Å². The smallest absolute Gasteiger partial charge is 0.211 e. The van der Waals surface area contributed by atoms with Crippen LogP contribution in [0.5, 0.6) is 5.75 Å². The van der Waals surface area contributed by atoms with E-state index in [2.05, 4.69) is 20.6 Å². The number of hydrogen-bond acceptors (Lipinski definition) is 6. The molecule has 0 unspecified atom stereocenters. The van der Waals surface area contributed by atoms with Crippen LogP contribution in [0.4, 0.5) is 15.9 Å². The number of likely N-dealkylation sites (N-methyl/N-ethyl adjacent to an activating group) is 1. The molecule has 0 saturated heterocycles. The number of anilines is 2. The van der Waals surface area contributed by atoms with Crippen LogP contribution in [0.1, 0.15) is 5.56 Å². The fourth-order valence-corrected chi connectivity index (χ4v) is 2.12. The van der Waals surface area contributed by atoms with Crippen molar-refractivity contribution in [3.8, 4) is 17.0 Å². The number of hydrogen-bond donors (Lipinski definition) is 3. The quantitative estimate of drug-likeness (QED) is 0.526. The number of aromatic nitrogens is 2. The fourth-order valence-electron chi connectivity index (χ4n) is 2.12. The number of nitrogens with two attached hydrogens (primary N) is 1. The molecule has 7 nitrogen and oxygen atoms in total. The van der Waals surface area contributed by atoms with Gasteiger partial charge in [-0.05, 0) is 31.7 Å². The molecule has 122 valence electrons. The summed E-state index contributed by atoms with van der Waals surface area (Å²) in [4.78, 5) is 18.8. The van der Waals surface area contributed by atoms with Crippen LogP contribution in [0.15, 0.2) is 18.5 Å². The summed E-state index contributed by atoms with van der Waals surface area (Å²) in [6.45, 7) is 2.71. The van der Waals surface area contributed by atoms with Gasteiger partial charge in [-0.3, -0.25) is 4.79 Å². The molecule has 0 radical (unpaired) electrons. The minimum atomic E-state index is -0.506. The van der Waals surface area contributed by atoms with Gasteiger partial charge in [0.1, 0.15) is 24.4 Å². The number of benzene rings is 1. The zero-order chi connectivity index (χ0) is 16.8. The van der Waals surface area contributed by atoms with Crippen LogP contribution in [0, 0.1) is 12.7 Å². The summed E-state index contributed by atoms with van der Waals surface area (Å²) in [5.41, 5.74) is 7.72. The molecule has 0 aliphatic carbocycles. The van der Waals surface area contributed by atoms with Crippen molar-refractivity contribution < 1.29 is 13.9 Å². The molecule has 2 rings (SSSR count). The van der Waals surface area contributed by atoms with Gasteiger partial charge in [-0.15, -0.1) is 0 Å². The number of nitrogens with one attached hydrogen (secondary N) is 2. The molecule has 1 heterocycles. The Hall–Kier alpha value is -2.74. The maximum atomic E-state index is 13.9. The highest BCUT2D eigenvalue weighted by Crippen LogP contribution is 2.36. The summed E-state index contributed by atoms with van der Waals surface area (Å²) in [5.74, 6) is -0.0542. The lowest BCUT2D eigenvalue weighted by molar-refractivity contribution is -0.105. The van der Waals surface area contributed by atoms with E-state index in [1.165, 1.54) is 18.5 Å². The lowest BCUT2D eigenvalue weighted by atomic mass is 10.0. The number of carbonyl (C=O) groups excluding carboxylic acids is 1. The molecule has 2 aromatic rings. The summed E-state index contributed by atoms with van der Waals surface area (Å²) in [5, 5.41) is 5.41. The molecule has 1 aromatic heterocycles. The highest BCUT2D eigenvalue weighted by Gasteiger charge is 2.17. The summed E-state index contributed by atoms with van der Waals surface area (Å²) < 4.78 is 19.5. The molecule has 0 fully saturated rings. The van der Waals surface area contributed by atoms with E-state index in [4.69, 9.17) is 10.5 Å². The van der Waals surface area contributed by atoms with Gasteiger partial charge in [0.25, 0.3) is 0 Å². The zero-order valence-corrected chi connectivity index (χ0v) is 12.9. The third-order valence-corrected chi connectivity index (χ3v) is 3.27. The third-order valence-electron chi connectivity index (χ3n) is 3.27. The molecule has 4 N–H and O–H groups in total. The van der Waals surface area contributed by atoms with Crippen LogP contribution >= 0.6 is 0 Å². The first-order valence-corrected chi connectivity index (χ1v) is 6.97. The fraction of sp³-hybridized carbons (Fsp3) is 0.267. The SMILES string of the molecule is CNCCOc1c(N)ncnc1-c1cc(F)cc(NC=O)c1C. The standard InChI is InChI=1S/C15H18FN5O2/c1-9-11(5-10(16)6-12(9)21-8-22)13-14(23-4-3-18-2)15(17)20-7-19-13/h5-8,18H,3-4H2,1-2H3,(H,21,22)(H2,17,19,20). The second-order valence-electron chi connectivity index (χ2n) is 4.78. The first kappa shape index (κ1) is 16.6. The number of rotatable bonds is 7. The second kappa shape index (κ2) is 7.50. The van der Waals surface area contributed by atoms with E-state index in [0.29, 0.717) is 42.1 Å². The molecule has 0 aliphatic rings. The van der Waals surface area contributed by atoms with Gasteiger partial charge in [-0.25, -0.2) is 14.4 Å². The molecule has 8 heteroatoms. The van der Waals surface area contributed by atoms with E-state index in [1.807, 2.05) is 0 Å². The largest absolute Gasteiger partial charge is 0.486 e. The van der Waals surface area contributed by atoms with Crippen LogP contribution in [0.2, 0.25) is 0 Å². The summed E-state index contributed by atoms with van der Waals surface area (Å²) in [7, 11) is 1.79. The van der Waals surface area contributed by atoms with Gasteiger partial charge in [-0.1, -0.05) is 0 Å². The lowest BCUT2D eigenvalue weighted by Crippen LogP contribution is -2.17. The summed E-state index contributed by atoms with van der Waals surface area (Å²) in [6.07, 6.45) is 1.77. The predicted octanol–water partition coefficient (Wildman–Crippen LogP) is 1.34.